The lowest BCUT2D eigenvalue weighted by Crippen LogP contribution is -2.45. The third kappa shape index (κ3) is 2.44. The van der Waals surface area contributed by atoms with E-state index in [4.69, 9.17) is 5.26 Å². The zero-order valence-electron chi connectivity index (χ0n) is 11.1. The molecule has 4 heteroatoms. The molecule has 1 unspecified atom stereocenters. The third-order valence-electron chi connectivity index (χ3n) is 2.80. The Bertz CT molecular complexity index is 397. The molecular formula is C13H20N2O2. The molecule has 0 aromatic carbocycles. The summed E-state index contributed by atoms with van der Waals surface area (Å²) in [6, 6.07) is 1.41. The third-order valence-corrected chi connectivity index (χ3v) is 2.80. The first-order valence-electron chi connectivity index (χ1n) is 5.84. The monoisotopic (exact) mass is 236 g/mol. The molecule has 1 heterocycles. The van der Waals surface area contributed by atoms with Crippen LogP contribution in [0, 0.1) is 22.7 Å². The van der Waals surface area contributed by atoms with Gasteiger partial charge in [0.05, 0.1) is 6.04 Å². The average Bonchev–Trinajstić information content (AvgIpc) is 2.36. The molecule has 1 rings (SSSR count). The molecule has 0 aliphatic carbocycles. The van der Waals surface area contributed by atoms with Gasteiger partial charge in [-0.15, -0.1) is 0 Å². The molecule has 0 spiro atoms. The first-order chi connectivity index (χ1) is 7.70. The molecule has 0 saturated heterocycles. The highest BCUT2D eigenvalue weighted by atomic mass is 16.3. The quantitative estimate of drug-likeness (QED) is 0.799. The van der Waals surface area contributed by atoms with Crippen LogP contribution >= 0.6 is 0 Å². The molecule has 1 amide bonds. The number of aliphatic hydroxyl groups is 1. The van der Waals surface area contributed by atoms with E-state index in [-0.39, 0.29) is 22.7 Å². The summed E-state index contributed by atoms with van der Waals surface area (Å²) >= 11 is 0. The van der Waals surface area contributed by atoms with Gasteiger partial charge in [0.2, 0.25) is 0 Å². The van der Waals surface area contributed by atoms with E-state index in [9.17, 15) is 9.90 Å². The first kappa shape index (κ1) is 13.6. The number of nitrogens with zero attached hydrogens (tertiary/aromatic N) is 2. The summed E-state index contributed by atoms with van der Waals surface area (Å²) in [6.45, 7) is 10.4. The van der Waals surface area contributed by atoms with Crippen LogP contribution in [0.3, 0.4) is 0 Å². The largest absolute Gasteiger partial charge is 0.508 e. The van der Waals surface area contributed by atoms with Crippen molar-refractivity contribution in [3.8, 4) is 6.07 Å². The molecule has 4 nitrogen and oxygen atoms in total. The fraction of sp³-hybridized carbons (Fsp3) is 0.692. The van der Waals surface area contributed by atoms with Gasteiger partial charge in [0.15, 0.2) is 5.57 Å². The number of rotatable bonds is 2. The van der Waals surface area contributed by atoms with Gasteiger partial charge in [-0.3, -0.25) is 4.79 Å². The average molecular weight is 236 g/mol. The minimum Gasteiger partial charge on any atom is -0.508 e. The van der Waals surface area contributed by atoms with Gasteiger partial charge < -0.3 is 10.0 Å². The van der Waals surface area contributed by atoms with Crippen molar-refractivity contribution in [2.75, 3.05) is 6.54 Å². The number of nitriles is 1. The molecule has 0 aromatic rings. The van der Waals surface area contributed by atoms with Gasteiger partial charge in [0.25, 0.3) is 5.91 Å². The van der Waals surface area contributed by atoms with E-state index in [0.29, 0.717) is 12.5 Å². The molecule has 17 heavy (non-hydrogen) atoms. The van der Waals surface area contributed by atoms with Crippen molar-refractivity contribution in [1.82, 2.24) is 4.90 Å². The van der Waals surface area contributed by atoms with Gasteiger partial charge in [-0.25, -0.2) is 0 Å². The second kappa shape index (κ2) is 4.40. The summed E-state index contributed by atoms with van der Waals surface area (Å²) in [7, 11) is 0. The van der Waals surface area contributed by atoms with Gasteiger partial charge in [0.1, 0.15) is 11.8 Å². The highest BCUT2D eigenvalue weighted by Crippen LogP contribution is 2.36. The minimum absolute atomic E-state index is 0.0781. The maximum Gasteiger partial charge on any atom is 0.268 e. The van der Waals surface area contributed by atoms with Crippen LogP contribution < -0.4 is 0 Å². The summed E-state index contributed by atoms with van der Waals surface area (Å²) in [5.41, 5.74) is -0.390. The van der Waals surface area contributed by atoms with Crippen molar-refractivity contribution >= 4 is 5.91 Å². The Morgan fingerprint density at radius 1 is 1.47 bits per heavy atom. The molecule has 1 atom stereocenters. The maximum absolute atomic E-state index is 12.0. The van der Waals surface area contributed by atoms with Crippen LogP contribution in [0.1, 0.15) is 34.6 Å². The standard InChI is InChI=1S/C13H20N2O2/c1-8(2)7-15-11(13(3,4)5)10(16)9(6-14)12(15)17/h8,11,16H,7H2,1-5H3. The second-order valence-electron chi connectivity index (χ2n) is 5.99. The van der Waals surface area contributed by atoms with Crippen molar-refractivity contribution in [2.24, 2.45) is 11.3 Å². The van der Waals surface area contributed by atoms with E-state index in [1.807, 2.05) is 40.7 Å². The van der Waals surface area contributed by atoms with Crippen LogP contribution in [0.25, 0.3) is 0 Å². The van der Waals surface area contributed by atoms with Gasteiger partial charge in [-0.2, -0.15) is 5.26 Å². The van der Waals surface area contributed by atoms with E-state index in [2.05, 4.69) is 0 Å². The normalized spacial score (nSPS) is 21.4. The van der Waals surface area contributed by atoms with E-state index >= 15 is 0 Å². The fourth-order valence-electron chi connectivity index (χ4n) is 2.22. The Hall–Kier alpha value is -1.50. The van der Waals surface area contributed by atoms with Crippen LogP contribution in [0.5, 0.6) is 0 Å². The molecule has 0 saturated carbocycles. The van der Waals surface area contributed by atoms with Gasteiger partial charge in [-0.1, -0.05) is 34.6 Å². The molecule has 0 fully saturated rings. The van der Waals surface area contributed by atoms with Gasteiger partial charge >= 0.3 is 0 Å². The van der Waals surface area contributed by atoms with Crippen molar-refractivity contribution in [3.05, 3.63) is 11.3 Å². The molecule has 0 radical (unpaired) electrons. The number of hydrogen-bond acceptors (Lipinski definition) is 3. The van der Waals surface area contributed by atoms with Crippen molar-refractivity contribution in [3.63, 3.8) is 0 Å². The van der Waals surface area contributed by atoms with Crippen molar-refractivity contribution in [1.29, 1.82) is 5.26 Å². The Balaban J connectivity index is 3.17. The van der Waals surface area contributed by atoms with Crippen LogP contribution in [-0.4, -0.2) is 28.5 Å². The van der Waals surface area contributed by atoms with Crippen LogP contribution in [0.4, 0.5) is 0 Å². The summed E-state index contributed by atoms with van der Waals surface area (Å²) in [4.78, 5) is 13.6. The predicted molar refractivity (Wildman–Crippen MR) is 65.1 cm³/mol. The number of aliphatic hydroxyl groups excluding tert-OH is 1. The minimum atomic E-state index is -0.396. The Morgan fingerprint density at radius 3 is 2.35 bits per heavy atom. The van der Waals surface area contributed by atoms with Crippen LogP contribution in [0.2, 0.25) is 0 Å². The zero-order chi connectivity index (χ0) is 13.4. The SMILES string of the molecule is CC(C)CN1C(=O)C(C#N)=C(O)C1C(C)(C)C. The zero-order valence-corrected chi connectivity index (χ0v) is 11.1. The van der Waals surface area contributed by atoms with Gasteiger partial charge in [0, 0.05) is 6.54 Å². The molecule has 0 aromatic heterocycles. The summed E-state index contributed by atoms with van der Waals surface area (Å²) in [6.07, 6.45) is 0. The first-order valence-corrected chi connectivity index (χ1v) is 5.84. The van der Waals surface area contributed by atoms with E-state index in [1.165, 1.54) is 0 Å². The fourth-order valence-corrected chi connectivity index (χ4v) is 2.22. The lowest BCUT2D eigenvalue weighted by Gasteiger charge is -2.36. The van der Waals surface area contributed by atoms with Crippen molar-refractivity contribution in [2.45, 2.75) is 40.7 Å². The summed E-state index contributed by atoms with van der Waals surface area (Å²) in [5.74, 6) is -0.126. The van der Waals surface area contributed by atoms with Crippen LogP contribution in [0.15, 0.2) is 11.3 Å². The molecule has 94 valence electrons. The highest BCUT2D eigenvalue weighted by molar-refractivity contribution is 6.01. The summed E-state index contributed by atoms with van der Waals surface area (Å²) < 4.78 is 0. The maximum atomic E-state index is 12.0. The Labute approximate surface area is 103 Å². The number of hydrogen-bond donors (Lipinski definition) is 1. The van der Waals surface area contributed by atoms with Gasteiger partial charge in [-0.05, 0) is 11.3 Å². The molecule has 1 aliphatic heterocycles. The number of carbonyl (C=O) groups is 1. The Morgan fingerprint density at radius 2 is 2.00 bits per heavy atom. The predicted octanol–water partition coefficient (Wildman–Crippen LogP) is 2.23. The Kier molecular flexibility index (Phi) is 3.51. The smallest absolute Gasteiger partial charge is 0.268 e. The molecule has 0 bridgehead atoms. The van der Waals surface area contributed by atoms with E-state index in [1.54, 1.807) is 4.90 Å². The molecule has 1 aliphatic rings. The molecule has 1 N–H and O–H groups in total. The molecular weight excluding hydrogens is 216 g/mol. The lowest BCUT2D eigenvalue weighted by molar-refractivity contribution is -0.129. The summed E-state index contributed by atoms with van der Waals surface area (Å²) in [5, 5.41) is 19.0. The second-order valence-corrected chi connectivity index (χ2v) is 5.99. The highest BCUT2D eigenvalue weighted by Gasteiger charge is 2.45. The van der Waals surface area contributed by atoms with E-state index in [0.717, 1.165) is 0 Å². The number of amides is 1. The van der Waals surface area contributed by atoms with E-state index < -0.39 is 6.04 Å². The van der Waals surface area contributed by atoms with Crippen LogP contribution in [-0.2, 0) is 4.79 Å². The van der Waals surface area contributed by atoms with Crippen molar-refractivity contribution < 1.29 is 9.90 Å². The topological polar surface area (TPSA) is 64.3 Å². The lowest BCUT2D eigenvalue weighted by atomic mass is 9.85. The number of carbonyl (C=O) groups excluding carboxylic acids is 1.